The molecule has 1 saturated heterocycles. The van der Waals surface area contributed by atoms with Crippen molar-refractivity contribution in [3.05, 3.63) is 36.9 Å². The molecule has 2 heterocycles. The van der Waals surface area contributed by atoms with Crippen molar-refractivity contribution >= 4 is 17.7 Å². The second-order valence-electron chi connectivity index (χ2n) is 5.89. The van der Waals surface area contributed by atoms with Crippen molar-refractivity contribution in [2.75, 3.05) is 20.2 Å². The highest BCUT2D eigenvalue weighted by Crippen LogP contribution is 2.28. The molecular weight excluding hydrogens is 324 g/mol. The van der Waals surface area contributed by atoms with Crippen molar-refractivity contribution in [3.8, 4) is 5.75 Å². The maximum Gasteiger partial charge on any atom is 0.235 e. The number of hydrogen-bond acceptors (Lipinski definition) is 5. The first-order valence-corrected chi connectivity index (χ1v) is 8.99. The van der Waals surface area contributed by atoms with Gasteiger partial charge in [-0.25, -0.2) is 9.67 Å². The van der Waals surface area contributed by atoms with Crippen molar-refractivity contribution in [1.29, 1.82) is 0 Å². The van der Waals surface area contributed by atoms with E-state index in [0.29, 0.717) is 6.54 Å². The van der Waals surface area contributed by atoms with Crippen LogP contribution >= 0.6 is 11.8 Å². The van der Waals surface area contributed by atoms with Gasteiger partial charge in [-0.1, -0.05) is 0 Å². The van der Waals surface area contributed by atoms with Gasteiger partial charge in [-0.15, -0.1) is 11.8 Å². The molecule has 24 heavy (non-hydrogen) atoms. The first-order chi connectivity index (χ1) is 11.7. The second-order valence-corrected chi connectivity index (χ2v) is 7.31. The molecule has 1 aliphatic heterocycles. The van der Waals surface area contributed by atoms with E-state index < -0.39 is 0 Å². The lowest BCUT2D eigenvalue weighted by atomic mass is 10.1. The average molecular weight is 346 g/mol. The topological polar surface area (TPSA) is 60.2 Å². The number of thioether (sulfide) groups is 1. The number of ether oxygens (including phenoxy) is 1. The van der Waals surface area contributed by atoms with E-state index in [1.165, 1.54) is 0 Å². The van der Waals surface area contributed by atoms with Crippen molar-refractivity contribution in [1.82, 2.24) is 19.7 Å². The summed E-state index contributed by atoms with van der Waals surface area (Å²) < 4.78 is 7.03. The van der Waals surface area contributed by atoms with E-state index in [1.807, 2.05) is 40.8 Å². The molecule has 0 bridgehead atoms. The van der Waals surface area contributed by atoms with E-state index in [4.69, 9.17) is 4.74 Å². The molecule has 0 radical (unpaired) electrons. The van der Waals surface area contributed by atoms with Crippen molar-refractivity contribution in [3.63, 3.8) is 0 Å². The zero-order valence-corrected chi connectivity index (χ0v) is 14.8. The second kappa shape index (κ2) is 7.70. The van der Waals surface area contributed by atoms with Crippen LogP contribution in [0.4, 0.5) is 0 Å². The fourth-order valence-electron chi connectivity index (χ4n) is 2.94. The first kappa shape index (κ1) is 16.8. The summed E-state index contributed by atoms with van der Waals surface area (Å²) >= 11 is 1.58. The summed E-state index contributed by atoms with van der Waals surface area (Å²) in [5.74, 6) is 1.01. The van der Waals surface area contributed by atoms with Crippen LogP contribution < -0.4 is 4.74 Å². The Kier molecular flexibility index (Phi) is 5.40. The first-order valence-electron chi connectivity index (χ1n) is 8.11. The molecule has 6 nitrogen and oxygen atoms in total. The lowest BCUT2D eigenvalue weighted by molar-refractivity contribution is -0.132. The van der Waals surface area contributed by atoms with E-state index in [-0.39, 0.29) is 17.2 Å². The molecule has 0 N–H and O–H groups in total. The Bertz CT molecular complexity index is 660. The van der Waals surface area contributed by atoms with Crippen LogP contribution in [-0.4, -0.2) is 51.0 Å². The highest BCUT2D eigenvalue weighted by molar-refractivity contribution is 8.00. The number of amides is 1. The van der Waals surface area contributed by atoms with Crippen LogP contribution in [0.1, 0.15) is 25.8 Å². The molecule has 2 aromatic rings. The number of aromatic nitrogens is 3. The maximum absolute atomic E-state index is 12.8. The van der Waals surface area contributed by atoms with E-state index in [0.717, 1.165) is 30.0 Å². The van der Waals surface area contributed by atoms with Crippen LogP contribution in [0.3, 0.4) is 0 Å². The highest BCUT2D eigenvalue weighted by Gasteiger charge is 2.28. The van der Waals surface area contributed by atoms with Gasteiger partial charge in [0.25, 0.3) is 0 Å². The van der Waals surface area contributed by atoms with Gasteiger partial charge in [-0.05, 0) is 44.0 Å². The largest absolute Gasteiger partial charge is 0.497 e. The Morgan fingerprint density at radius 1 is 1.38 bits per heavy atom. The SMILES string of the molecule is COc1ccc(S[C@H](C)C(=O)N2CCC[C@H](n3cncn3)C2)cc1. The van der Waals surface area contributed by atoms with Gasteiger partial charge >= 0.3 is 0 Å². The van der Waals surface area contributed by atoms with Crippen LogP contribution in [0, 0.1) is 0 Å². The van der Waals surface area contributed by atoms with E-state index in [1.54, 1.807) is 31.5 Å². The maximum atomic E-state index is 12.8. The van der Waals surface area contributed by atoms with Gasteiger partial charge in [0.2, 0.25) is 5.91 Å². The monoisotopic (exact) mass is 346 g/mol. The summed E-state index contributed by atoms with van der Waals surface area (Å²) in [6, 6.07) is 8.04. The fourth-order valence-corrected chi connectivity index (χ4v) is 3.89. The molecule has 1 aromatic heterocycles. The van der Waals surface area contributed by atoms with Crippen LogP contribution in [0.5, 0.6) is 5.75 Å². The summed E-state index contributed by atoms with van der Waals surface area (Å²) in [5.41, 5.74) is 0. The number of hydrogen-bond donors (Lipinski definition) is 0. The van der Waals surface area contributed by atoms with Crippen LogP contribution in [0.25, 0.3) is 0 Å². The number of carbonyl (C=O) groups excluding carboxylic acids is 1. The predicted octanol–water partition coefficient (Wildman–Crippen LogP) is 2.63. The summed E-state index contributed by atoms with van der Waals surface area (Å²) in [4.78, 5) is 19.8. The molecule has 2 atom stereocenters. The number of carbonyl (C=O) groups is 1. The Hall–Kier alpha value is -2.02. The summed E-state index contributed by atoms with van der Waals surface area (Å²) in [7, 11) is 1.65. The fraction of sp³-hybridized carbons (Fsp3) is 0.471. The molecule has 1 aromatic carbocycles. The summed E-state index contributed by atoms with van der Waals surface area (Å²) in [5, 5.41) is 4.10. The molecule has 0 unspecified atom stereocenters. The van der Waals surface area contributed by atoms with Crippen molar-refractivity contribution < 1.29 is 9.53 Å². The number of rotatable bonds is 5. The third-order valence-electron chi connectivity index (χ3n) is 4.24. The molecule has 0 spiro atoms. The molecular formula is C17H22N4O2S. The third-order valence-corrected chi connectivity index (χ3v) is 5.34. The normalized spacial score (nSPS) is 19.1. The molecule has 1 aliphatic rings. The number of benzene rings is 1. The number of likely N-dealkylation sites (tertiary alicyclic amines) is 1. The molecule has 0 aliphatic carbocycles. The highest BCUT2D eigenvalue weighted by atomic mass is 32.2. The Balaban J connectivity index is 1.59. The van der Waals surface area contributed by atoms with Gasteiger partial charge in [-0.2, -0.15) is 5.10 Å². The van der Waals surface area contributed by atoms with Crippen LogP contribution in [-0.2, 0) is 4.79 Å². The predicted molar refractivity (Wildman–Crippen MR) is 93.2 cm³/mol. The minimum Gasteiger partial charge on any atom is -0.497 e. The Labute approximate surface area is 146 Å². The molecule has 0 saturated carbocycles. The van der Waals surface area contributed by atoms with Gasteiger partial charge in [-0.3, -0.25) is 4.79 Å². The minimum atomic E-state index is -0.118. The molecule has 7 heteroatoms. The Morgan fingerprint density at radius 3 is 2.83 bits per heavy atom. The zero-order chi connectivity index (χ0) is 16.9. The zero-order valence-electron chi connectivity index (χ0n) is 14.0. The average Bonchev–Trinajstić information content (AvgIpc) is 3.16. The summed E-state index contributed by atoms with van der Waals surface area (Å²) in [6.45, 7) is 3.49. The number of piperidine rings is 1. The lowest BCUT2D eigenvalue weighted by Crippen LogP contribution is -2.44. The summed E-state index contributed by atoms with van der Waals surface area (Å²) in [6.07, 6.45) is 5.31. The van der Waals surface area contributed by atoms with Crippen molar-refractivity contribution in [2.24, 2.45) is 0 Å². The van der Waals surface area contributed by atoms with Gasteiger partial charge in [0.05, 0.1) is 18.4 Å². The van der Waals surface area contributed by atoms with Crippen LogP contribution in [0.2, 0.25) is 0 Å². The standard InChI is InChI=1S/C17H22N4O2S/c1-13(24-16-7-5-15(23-2)6-8-16)17(22)20-9-3-4-14(10-20)21-12-18-11-19-21/h5-8,11-14H,3-4,9-10H2,1-2H3/t13-,14+/m1/s1. The van der Waals surface area contributed by atoms with E-state index in [9.17, 15) is 4.79 Å². The van der Waals surface area contributed by atoms with Gasteiger partial charge in [0.1, 0.15) is 18.4 Å². The van der Waals surface area contributed by atoms with E-state index >= 15 is 0 Å². The molecule has 1 amide bonds. The van der Waals surface area contributed by atoms with Crippen molar-refractivity contribution in [2.45, 2.75) is 36.0 Å². The van der Waals surface area contributed by atoms with Gasteiger partial charge < -0.3 is 9.64 Å². The minimum absolute atomic E-state index is 0.118. The van der Waals surface area contributed by atoms with Gasteiger partial charge in [0.15, 0.2) is 0 Å². The molecule has 128 valence electrons. The quantitative estimate of drug-likeness (QED) is 0.779. The number of nitrogens with zero attached hydrogens (tertiary/aromatic N) is 4. The van der Waals surface area contributed by atoms with E-state index in [2.05, 4.69) is 10.1 Å². The number of methoxy groups -OCH3 is 1. The third kappa shape index (κ3) is 3.90. The van der Waals surface area contributed by atoms with Gasteiger partial charge in [0, 0.05) is 18.0 Å². The lowest BCUT2D eigenvalue weighted by Gasteiger charge is -2.34. The van der Waals surface area contributed by atoms with Crippen LogP contribution in [0.15, 0.2) is 41.8 Å². The Morgan fingerprint density at radius 2 is 2.17 bits per heavy atom. The molecule has 3 rings (SSSR count). The smallest absolute Gasteiger partial charge is 0.235 e. The molecule has 1 fully saturated rings.